The smallest absolute Gasteiger partial charge is 0.310 e. The molecule has 2 aromatic carbocycles. The fraction of sp³-hybridized carbons (Fsp3) is 0.333. The highest BCUT2D eigenvalue weighted by Crippen LogP contribution is 2.29. The Bertz CT molecular complexity index is 950. The minimum atomic E-state index is -1.27. The van der Waals surface area contributed by atoms with Crippen LogP contribution in [0.15, 0.2) is 54.6 Å². The van der Waals surface area contributed by atoms with Crippen LogP contribution in [-0.2, 0) is 20.9 Å². The first-order valence-electron chi connectivity index (χ1n) is 10.2. The molecule has 1 N–H and O–H groups in total. The van der Waals surface area contributed by atoms with Gasteiger partial charge in [0.05, 0.1) is 23.0 Å². The van der Waals surface area contributed by atoms with E-state index in [4.69, 9.17) is 4.74 Å². The topological polar surface area (TPSA) is 101 Å². The van der Waals surface area contributed by atoms with Crippen molar-refractivity contribution in [3.63, 3.8) is 0 Å². The summed E-state index contributed by atoms with van der Waals surface area (Å²) in [4.78, 5) is 51.3. The molecular weight excluding hydrogens is 398 g/mol. The molecule has 2 aromatic rings. The number of fused-ring (bicyclic) bond motifs is 1. The molecule has 162 valence electrons. The van der Waals surface area contributed by atoms with Crippen LogP contribution in [0.3, 0.4) is 0 Å². The van der Waals surface area contributed by atoms with E-state index in [1.165, 1.54) is 12.1 Å². The number of nitrogens with zero attached hydrogens (tertiary/aromatic N) is 1. The van der Waals surface area contributed by atoms with E-state index in [2.05, 4.69) is 0 Å². The van der Waals surface area contributed by atoms with Gasteiger partial charge >= 0.3 is 11.9 Å². The van der Waals surface area contributed by atoms with Crippen LogP contribution < -0.4 is 0 Å². The van der Waals surface area contributed by atoms with Gasteiger partial charge in [0.1, 0.15) is 6.61 Å². The highest BCUT2D eigenvalue weighted by Gasteiger charge is 2.42. The zero-order valence-electron chi connectivity index (χ0n) is 17.5. The lowest BCUT2D eigenvalue weighted by atomic mass is 9.85. The van der Waals surface area contributed by atoms with Crippen LogP contribution in [-0.4, -0.2) is 40.3 Å². The van der Waals surface area contributed by atoms with Crippen molar-refractivity contribution < 1.29 is 29.0 Å². The van der Waals surface area contributed by atoms with Crippen LogP contribution in [0.1, 0.15) is 46.5 Å². The SMILES string of the molecule is CC(C)CC(C(=O)OCc1ccccc1)[C@H](CN1C(=O)c2ccccc2C1=O)C(=O)O. The molecule has 0 saturated heterocycles. The molecule has 7 nitrogen and oxygen atoms in total. The normalized spacial score (nSPS) is 15.0. The summed E-state index contributed by atoms with van der Waals surface area (Å²) in [5.74, 6) is -5.25. The molecule has 3 rings (SSSR count). The number of amides is 2. The zero-order chi connectivity index (χ0) is 22.5. The third kappa shape index (κ3) is 4.99. The van der Waals surface area contributed by atoms with Gasteiger partial charge in [-0.3, -0.25) is 24.1 Å². The molecule has 2 amide bonds. The van der Waals surface area contributed by atoms with Crippen LogP contribution in [0.2, 0.25) is 0 Å². The number of carbonyl (C=O) groups is 4. The number of esters is 1. The summed E-state index contributed by atoms with van der Waals surface area (Å²) >= 11 is 0. The highest BCUT2D eigenvalue weighted by atomic mass is 16.5. The molecule has 1 heterocycles. The number of ether oxygens (including phenoxy) is 1. The number of imide groups is 1. The number of benzene rings is 2. The minimum absolute atomic E-state index is 0.0123. The van der Waals surface area contributed by atoms with E-state index in [-0.39, 0.29) is 36.6 Å². The Morgan fingerprint density at radius 2 is 1.45 bits per heavy atom. The lowest BCUT2D eigenvalue weighted by Crippen LogP contribution is -2.43. The van der Waals surface area contributed by atoms with E-state index in [0.717, 1.165) is 10.5 Å². The van der Waals surface area contributed by atoms with Gasteiger partial charge in [-0.25, -0.2) is 0 Å². The largest absolute Gasteiger partial charge is 0.481 e. The summed E-state index contributed by atoms with van der Waals surface area (Å²) in [6.45, 7) is 3.38. The maximum Gasteiger partial charge on any atom is 0.310 e. The lowest BCUT2D eigenvalue weighted by Gasteiger charge is -2.27. The monoisotopic (exact) mass is 423 g/mol. The maximum atomic E-state index is 12.9. The van der Waals surface area contributed by atoms with Crippen molar-refractivity contribution in [2.24, 2.45) is 17.8 Å². The zero-order valence-corrected chi connectivity index (χ0v) is 17.5. The van der Waals surface area contributed by atoms with E-state index in [1.54, 1.807) is 24.3 Å². The fourth-order valence-electron chi connectivity index (χ4n) is 3.75. The number of aliphatic carboxylic acids is 1. The quantitative estimate of drug-likeness (QED) is 0.490. The molecular formula is C24H25NO6. The summed E-state index contributed by atoms with van der Waals surface area (Å²) in [6.07, 6.45) is 0.258. The average Bonchev–Trinajstić information content (AvgIpc) is 2.99. The Balaban J connectivity index is 1.80. The van der Waals surface area contributed by atoms with Gasteiger partial charge < -0.3 is 9.84 Å². The molecule has 1 aliphatic rings. The van der Waals surface area contributed by atoms with Gasteiger partial charge in [0.15, 0.2) is 0 Å². The van der Waals surface area contributed by atoms with E-state index in [0.29, 0.717) is 0 Å². The predicted octanol–water partition coefficient (Wildman–Crippen LogP) is 3.39. The molecule has 0 bridgehead atoms. The second-order valence-electron chi connectivity index (χ2n) is 8.04. The maximum absolute atomic E-state index is 12.9. The molecule has 0 aliphatic carbocycles. The Labute approximate surface area is 180 Å². The highest BCUT2D eigenvalue weighted by molar-refractivity contribution is 6.21. The van der Waals surface area contributed by atoms with Gasteiger partial charge in [-0.15, -0.1) is 0 Å². The van der Waals surface area contributed by atoms with Crippen LogP contribution >= 0.6 is 0 Å². The van der Waals surface area contributed by atoms with E-state index in [1.807, 2.05) is 32.0 Å². The van der Waals surface area contributed by atoms with Gasteiger partial charge in [-0.1, -0.05) is 56.3 Å². The predicted molar refractivity (Wildman–Crippen MR) is 112 cm³/mol. The molecule has 0 fully saturated rings. The molecule has 0 saturated carbocycles. The van der Waals surface area contributed by atoms with Crippen molar-refractivity contribution in [1.82, 2.24) is 4.90 Å². The molecule has 1 unspecified atom stereocenters. The van der Waals surface area contributed by atoms with Crippen LogP contribution in [0.5, 0.6) is 0 Å². The van der Waals surface area contributed by atoms with Crippen molar-refractivity contribution in [3.05, 3.63) is 71.3 Å². The molecule has 0 radical (unpaired) electrons. The molecule has 7 heteroatoms. The standard InChI is InChI=1S/C24H25NO6/c1-15(2)12-19(24(30)31-14-16-8-4-3-5-9-16)20(23(28)29)13-25-21(26)17-10-6-7-11-18(17)22(25)27/h3-11,15,19-20H,12-14H2,1-2H3,(H,28,29)/t19?,20-/m0/s1. The fourth-order valence-corrected chi connectivity index (χ4v) is 3.75. The first-order chi connectivity index (χ1) is 14.8. The summed E-state index contributed by atoms with van der Waals surface area (Å²) in [6, 6.07) is 15.4. The number of hydrogen-bond acceptors (Lipinski definition) is 5. The Morgan fingerprint density at radius 1 is 0.903 bits per heavy atom. The minimum Gasteiger partial charge on any atom is -0.481 e. The van der Waals surface area contributed by atoms with Crippen LogP contribution in [0.4, 0.5) is 0 Å². The molecule has 31 heavy (non-hydrogen) atoms. The summed E-state index contributed by atoms with van der Waals surface area (Å²) in [5.41, 5.74) is 1.26. The summed E-state index contributed by atoms with van der Waals surface area (Å²) in [7, 11) is 0. The van der Waals surface area contributed by atoms with Crippen molar-refractivity contribution in [2.45, 2.75) is 26.9 Å². The molecule has 2 atom stereocenters. The van der Waals surface area contributed by atoms with Gasteiger partial charge in [0, 0.05) is 6.54 Å². The first-order valence-corrected chi connectivity index (χ1v) is 10.2. The van der Waals surface area contributed by atoms with Crippen LogP contribution in [0, 0.1) is 17.8 Å². The molecule has 0 spiro atoms. The van der Waals surface area contributed by atoms with Crippen molar-refractivity contribution in [1.29, 1.82) is 0 Å². The number of carboxylic acid groups (broad SMARTS) is 1. The van der Waals surface area contributed by atoms with Gasteiger partial charge in [-0.05, 0) is 30.0 Å². The average molecular weight is 423 g/mol. The van der Waals surface area contributed by atoms with Gasteiger partial charge in [0.25, 0.3) is 11.8 Å². The third-order valence-corrected chi connectivity index (χ3v) is 5.31. The van der Waals surface area contributed by atoms with Crippen molar-refractivity contribution >= 4 is 23.8 Å². The van der Waals surface area contributed by atoms with Gasteiger partial charge in [0.2, 0.25) is 0 Å². The number of carboxylic acids is 1. The second-order valence-corrected chi connectivity index (χ2v) is 8.04. The second kappa shape index (κ2) is 9.55. The van der Waals surface area contributed by atoms with Crippen molar-refractivity contribution in [2.75, 3.05) is 6.54 Å². The van der Waals surface area contributed by atoms with Crippen molar-refractivity contribution in [3.8, 4) is 0 Å². The third-order valence-electron chi connectivity index (χ3n) is 5.31. The Kier molecular flexibility index (Phi) is 6.84. The van der Waals surface area contributed by atoms with E-state index in [9.17, 15) is 24.3 Å². The van der Waals surface area contributed by atoms with Crippen LogP contribution in [0.25, 0.3) is 0 Å². The molecule has 0 aromatic heterocycles. The Hall–Kier alpha value is -3.48. The number of hydrogen-bond donors (Lipinski definition) is 1. The molecule has 1 aliphatic heterocycles. The summed E-state index contributed by atoms with van der Waals surface area (Å²) < 4.78 is 5.41. The van der Waals surface area contributed by atoms with E-state index < -0.39 is 35.6 Å². The lowest BCUT2D eigenvalue weighted by molar-refractivity contribution is -0.159. The Morgan fingerprint density at radius 3 is 1.97 bits per heavy atom. The van der Waals surface area contributed by atoms with E-state index >= 15 is 0 Å². The summed E-state index contributed by atoms with van der Waals surface area (Å²) in [5, 5.41) is 9.88. The number of carbonyl (C=O) groups excluding carboxylic acids is 3. The number of rotatable bonds is 9. The first kappa shape index (κ1) is 22.2. The van der Waals surface area contributed by atoms with Gasteiger partial charge in [-0.2, -0.15) is 0 Å².